The molecule has 7 heteroatoms. The summed E-state index contributed by atoms with van der Waals surface area (Å²) in [5, 5.41) is 3.54. The number of rotatable bonds is 6. The lowest BCUT2D eigenvalue weighted by atomic mass is 10.1. The van der Waals surface area contributed by atoms with Crippen molar-refractivity contribution in [3.05, 3.63) is 30.3 Å². The minimum absolute atomic E-state index is 0.273. The van der Waals surface area contributed by atoms with Crippen molar-refractivity contribution in [1.29, 1.82) is 0 Å². The summed E-state index contributed by atoms with van der Waals surface area (Å²) in [6.07, 6.45) is 6.92. The highest BCUT2D eigenvalue weighted by molar-refractivity contribution is 5.80. The highest BCUT2D eigenvalue weighted by Crippen LogP contribution is 2.27. The number of amides is 1. The molecule has 3 fully saturated rings. The van der Waals surface area contributed by atoms with Gasteiger partial charge < -0.3 is 19.9 Å². The van der Waals surface area contributed by atoms with E-state index in [-0.39, 0.29) is 6.10 Å². The van der Waals surface area contributed by atoms with Crippen LogP contribution in [0.1, 0.15) is 38.5 Å². The molecule has 1 aromatic carbocycles. The molecule has 0 radical (unpaired) electrons. The van der Waals surface area contributed by atoms with E-state index >= 15 is 0 Å². The number of carbonyl (C=O) groups is 1. The van der Waals surface area contributed by atoms with Gasteiger partial charge in [-0.2, -0.15) is 0 Å². The molecule has 2 heterocycles. The average molecular weight is 442 g/mol. The molecule has 1 N–H and O–H groups in total. The fourth-order valence-corrected chi connectivity index (χ4v) is 5.16. The van der Waals surface area contributed by atoms with Gasteiger partial charge in [0.1, 0.15) is 11.9 Å². The van der Waals surface area contributed by atoms with Crippen molar-refractivity contribution in [1.82, 2.24) is 20.0 Å². The fourth-order valence-electron chi connectivity index (χ4n) is 5.16. The van der Waals surface area contributed by atoms with Crippen LogP contribution in [-0.4, -0.2) is 92.1 Å². The Kier molecular flexibility index (Phi) is 8.26. The van der Waals surface area contributed by atoms with Crippen molar-refractivity contribution in [2.75, 3.05) is 59.4 Å². The third kappa shape index (κ3) is 6.15. The van der Waals surface area contributed by atoms with E-state index in [2.05, 4.69) is 25.0 Å². The number of hydrogen-bond donors (Lipinski definition) is 1. The van der Waals surface area contributed by atoms with Crippen LogP contribution in [0.2, 0.25) is 0 Å². The quantitative estimate of drug-likeness (QED) is 0.543. The van der Waals surface area contributed by atoms with Gasteiger partial charge in [0.25, 0.3) is 0 Å². The standard InChI is InChI=1S/C25H39N5O2/c1-26-25(30-14-11-23(12-15-30)32-22-9-3-2-4-10-22)27-13-16-28-17-19-29(20-18-28)24(31)21-7-5-6-8-21/h2-4,9-10,21,23H,5-8,11-20H2,1H3,(H,26,27). The van der Waals surface area contributed by atoms with E-state index in [4.69, 9.17) is 4.74 Å². The minimum atomic E-state index is 0.273. The predicted octanol–water partition coefficient (Wildman–Crippen LogP) is 2.44. The van der Waals surface area contributed by atoms with Crippen molar-refractivity contribution in [3.63, 3.8) is 0 Å². The number of carbonyl (C=O) groups excluding carboxylic acids is 1. The number of piperazine rings is 1. The van der Waals surface area contributed by atoms with Crippen LogP contribution in [0, 0.1) is 5.92 Å². The second-order valence-corrected chi connectivity index (χ2v) is 9.24. The number of piperidine rings is 1. The van der Waals surface area contributed by atoms with E-state index in [1.165, 1.54) is 12.8 Å². The van der Waals surface area contributed by atoms with E-state index in [0.29, 0.717) is 11.8 Å². The van der Waals surface area contributed by atoms with Crippen LogP contribution in [0.5, 0.6) is 5.75 Å². The number of nitrogens with one attached hydrogen (secondary N) is 1. The maximum atomic E-state index is 12.6. The Bertz CT molecular complexity index is 734. The molecule has 1 aromatic rings. The number of para-hydroxylation sites is 1. The Morgan fingerprint density at radius 2 is 1.66 bits per heavy atom. The van der Waals surface area contributed by atoms with E-state index < -0.39 is 0 Å². The Labute approximate surface area is 192 Å². The summed E-state index contributed by atoms with van der Waals surface area (Å²) in [5.74, 6) is 2.64. The second kappa shape index (κ2) is 11.5. The number of likely N-dealkylation sites (tertiary alicyclic amines) is 1. The van der Waals surface area contributed by atoms with Crippen molar-refractivity contribution in [2.45, 2.75) is 44.6 Å². The maximum absolute atomic E-state index is 12.6. The van der Waals surface area contributed by atoms with Crippen LogP contribution >= 0.6 is 0 Å². The number of guanidine groups is 1. The molecule has 1 aliphatic carbocycles. The van der Waals surface area contributed by atoms with Gasteiger partial charge in [0, 0.05) is 78.2 Å². The van der Waals surface area contributed by atoms with Crippen molar-refractivity contribution < 1.29 is 9.53 Å². The fraction of sp³-hybridized carbons (Fsp3) is 0.680. The first-order chi connectivity index (χ1) is 15.7. The minimum Gasteiger partial charge on any atom is -0.490 e. The smallest absolute Gasteiger partial charge is 0.225 e. The lowest BCUT2D eigenvalue weighted by Gasteiger charge is -2.37. The lowest BCUT2D eigenvalue weighted by Crippen LogP contribution is -2.52. The van der Waals surface area contributed by atoms with Crippen LogP contribution in [0.3, 0.4) is 0 Å². The van der Waals surface area contributed by atoms with Crippen LogP contribution in [0.4, 0.5) is 0 Å². The molecule has 0 unspecified atom stereocenters. The summed E-state index contributed by atoms with van der Waals surface area (Å²) >= 11 is 0. The molecule has 0 bridgehead atoms. The zero-order valence-corrected chi connectivity index (χ0v) is 19.5. The molecule has 0 atom stereocenters. The molecule has 176 valence electrons. The third-order valence-corrected chi connectivity index (χ3v) is 7.10. The van der Waals surface area contributed by atoms with Crippen molar-refractivity contribution in [2.24, 2.45) is 10.9 Å². The molecular weight excluding hydrogens is 402 g/mol. The highest BCUT2D eigenvalue weighted by atomic mass is 16.5. The van der Waals surface area contributed by atoms with Gasteiger partial charge in [-0.05, 0) is 25.0 Å². The zero-order chi connectivity index (χ0) is 22.2. The van der Waals surface area contributed by atoms with Gasteiger partial charge in [0.2, 0.25) is 5.91 Å². The lowest BCUT2D eigenvalue weighted by molar-refractivity contribution is -0.137. The second-order valence-electron chi connectivity index (χ2n) is 9.24. The molecule has 1 saturated carbocycles. The Morgan fingerprint density at radius 1 is 0.969 bits per heavy atom. The monoisotopic (exact) mass is 441 g/mol. The van der Waals surface area contributed by atoms with Crippen LogP contribution < -0.4 is 10.1 Å². The molecule has 2 aliphatic heterocycles. The first-order valence-corrected chi connectivity index (χ1v) is 12.4. The molecule has 4 rings (SSSR count). The molecule has 0 aromatic heterocycles. The summed E-state index contributed by atoms with van der Waals surface area (Å²) in [6.45, 7) is 7.47. The van der Waals surface area contributed by atoms with Gasteiger partial charge >= 0.3 is 0 Å². The van der Waals surface area contributed by atoms with Gasteiger partial charge in [-0.15, -0.1) is 0 Å². The van der Waals surface area contributed by atoms with Gasteiger partial charge in [-0.3, -0.25) is 14.7 Å². The molecule has 3 aliphatic rings. The normalized spacial score (nSPS) is 21.7. The van der Waals surface area contributed by atoms with Crippen LogP contribution in [0.25, 0.3) is 0 Å². The number of aliphatic imine (C=N–C) groups is 1. The van der Waals surface area contributed by atoms with Gasteiger partial charge in [0.15, 0.2) is 5.96 Å². The van der Waals surface area contributed by atoms with Crippen LogP contribution in [-0.2, 0) is 4.79 Å². The molecular formula is C25H39N5O2. The summed E-state index contributed by atoms with van der Waals surface area (Å²) < 4.78 is 6.11. The van der Waals surface area contributed by atoms with Gasteiger partial charge in [-0.25, -0.2) is 0 Å². The molecule has 32 heavy (non-hydrogen) atoms. The van der Waals surface area contributed by atoms with Crippen molar-refractivity contribution >= 4 is 11.9 Å². The van der Waals surface area contributed by atoms with E-state index in [0.717, 1.165) is 89.8 Å². The highest BCUT2D eigenvalue weighted by Gasteiger charge is 2.29. The first kappa shape index (κ1) is 22.9. The summed E-state index contributed by atoms with van der Waals surface area (Å²) in [5.41, 5.74) is 0. The topological polar surface area (TPSA) is 60.4 Å². The largest absolute Gasteiger partial charge is 0.490 e. The average Bonchev–Trinajstić information content (AvgIpc) is 3.38. The summed E-state index contributed by atoms with van der Waals surface area (Å²) in [6, 6.07) is 10.1. The van der Waals surface area contributed by atoms with Crippen LogP contribution in [0.15, 0.2) is 35.3 Å². The maximum Gasteiger partial charge on any atom is 0.225 e. The summed E-state index contributed by atoms with van der Waals surface area (Å²) in [7, 11) is 1.86. The molecule has 2 saturated heterocycles. The van der Waals surface area contributed by atoms with Crippen molar-refractivity contribution in [3.8, 4) is 5.75 Å². The Morgan fingerprint density at radius 3 is 2.31 bits per heavy atom. The number of nitrogens with zero attached hydrogens (tertiary/aromatic N) is 4. The molecule has 0 spiro atoms. The van der Waals surface area contributed by atoms with E-state index in [1.54, 1.807) is 0 Å². The number of ether oxygens (including phenoxy) is 1. The van der Waals surface area contributed by atoms with Gasteiger partial charge in [0.05, 0.1) is 0 Å². The SMILES string of the molecule is CN=C(NCCN1CCN(C(=O)C2CCCC2)CC1)N1CCC(Oc2ccccc2)CC1. The van der Waals surface area contributed by atoms with E-state index in [9.17, 15) is 4.79 Å². The summed E-state index contributed by atoms with van der Waals surface area (Å²) in [4.78, 5) is 24.0. The molecule has 1 amide bonds. The Hall–Kier alpha value is -2.28. The number of hydrogen-bond acceptors (Lipinski definition) is 4. The zero-order valence-electron chi connectivity index (χ0n) is 19.5. The number of benzene rings is 1. The third-order valence-electron chi connectivity index (χ3n) is 7.10. The molecule has 7 nitrogen and oxygen atoms in total. The first-order valence-electron chi connectivity index (χ1n) is 12.4. The van der Waals surface area contributed by atoms with E-state index in [1.807, 2.05) is 37.4 Å². The Balaban J connectivity index is 1.12. The van der Waals surface area contributed by atoms with Gasteiger partial charge in [-0.1, -0.05) is 31.0 Å². The predicted molar refractivity (Wildman–Crippen MR) is 128 cm³/mol.